The van der Waals surface area contributed by atoms with E-state index in [0.717, 1.165) is 17.7 Å². The molecule has 1 aliphatic carbocycles. The molecule has 1 heterocycles. The Labute approximate surface area is 58.6 Å². The second-order valence-corrected chi connectivity index (χ2v) is 2.25. The lowest BCUT2D eigenvalue weighted by molar-refractivity contribution is 1.11. The molecule has 0 aromatic carbocycles. The van der Waals surface area contributed by atoms with E-state index in [1.807, 2.05) is 6.08 Å². The lowest BCUT2D eigenvalue weighted by Crippen LogP contribution is -1.97. The molecule has 0 spiro atoms. The van der Waals surface area contributed by atoms with Gasteiger partial charge < -0.3 is 5.73 Å². The topological polar surface area (TPSA) is 51.8 Å². The van der Waals surface area contributed by atoms with E-state index in [2.05, 4.69) is 16.0 Å². The molecule has 3 nitrogen and oxygen atoms in total. The van der Waals surface area contributed by atoms with Gasteiger partial charge in [0, 0.05) is 11.8 Å². The first kappa shape index (κ1) is 5.41. The molecule has 1 aliphatic rings. The maximum Gasteiger partial charge on any atom is 0.220 e. The van der Waals surface area contributed by atoms with Crippen molar-refractivity contribution in [2.75, 3.05) is 5.73 Å². The minimum atomic E-state index is 0.352. The van der Waals surface area contributed by atoms with Gasteiger partial charge in [-0.2, -0.15) is 0 Å². The van der Waals surface area contributed by atoms with Gasteiger partial charge >= 0.3 is 0 Å². The third-order valence-corrected chi connectivity index (χ3v) is 1.53. The van der Waals surface area contributed by atoms with Gasteiger partial charge in [-0.25, -0.2) is 9.97 Å². The second-order valence-electron chi connectivity index (χ2n) is 2.25. The minimum Gasteiger partial charge on any atom is -0.368 e. The summed E-state index contributed by atoms with van der Waals surface area (Å²) in [6.45, 7) is 0. The van der Waals surface area contributed by atoms with Crippen LogP contribution in [-0.4, -0.2) is 9.97 Å². The van der Waals surface area contributed by atoms with Crippen molar-refractivity contribution >= 4 is 12.0 Å². The number of nitrogen functional groups attached to an aromatic ring is 1. The number of hydrogen-bond donors (Lipinski definition) is 1. The molecule has 1 aromatic rings. The largest absolute Gasteiger partial charge is 0.368 e. The summed E-state index contributed by atoms with van der Waals surface area (Å²) in [7, 11) is 0. The Balaban J connectivity index is 2.60. The van der Waals surface area contributed by atoms with E-state index in [1.54, 1.807) is 6.20 Å². The zero-order chi connectivity index (χ0) is 6.97. The molecule has 0 atom stereocenters. The van der Waals surface area contributed by atoms with E-state index in [9.17, 15) is 0 Å². The Morgan fingerprint density at radius 1 is 1.50 bits per heavy atom. The van der Waals surface area contributed by atoms with Gasteiger partial charge in [0.2, 0.25) is 5.95 Å². The summed E-state index contributed by atoms with van der Waals surface area (Å²) in [6, 6.07) is 0. The summed E-state index contributed by atoms with van der Waals surface area (Å²) in [6.07, 6.45) is 6.74. The van der Waals surface area contributed by atoms with Crippen LogP contribution in [0.4, 0.5) is 5.95 Å². The van der Waals surface area contributed by atoms with Gasteiger partial charge in [0.1, 0.15) is 0 Å². The van der Waals surface area contributed by atoms with E-state index in [4.69, 9.17) is 5.73 Å². The average molecular weight is 133 g/mol. The highest BCUT2D eigenvalue weighted by molar-refractivity contribution is 5.56. The van der Waals surface area contributed by atoms with Crippen LogP contribution in [0.15, 0.2) is 12.3 Å². The standard InChI is InChI=1S/C7H7N3/c8-7-9-4-5-2-1-3-6(5)10-7/h1,3-4H,2H2,(H2,8,9,10). The Morgan fingerprint density at radius 3 is 3.30 bits per heavy atom. The van der Waals surface area contributed by atoms with Gasteiger partial charge in [0.25, 0.3) is 0 Å². The zero-order valence-electron chi connectivity index (χ0n) is 5.41. The Bertz CT molecular complexity index is 291. The monoisotopic (exact) mass is 133 g/mol. The molecule has 2 rings (SSSR count). The molecule has 3 heteroatoms. The van der Waals surface area contributed by atoms with E-state index >= 15 is 0 Å². The summed E-state index contributed by atoms with van der Waals surface area (Å²) >= 11 is 0. The summed E-state index contributed by atoms with van der Waals surface area (Å²) in [4.78, 5) is 7.91. The zero-order valence-corrected chi connectivity index (χ0v) is 5.41. The fraction of sp³-hybridized carbons (Fsp3) is 0.143. The quantitative estimate of drug-likeness (QED) is 0.564. The Kier molecular flexibility index (Phi) is 0.974. The molecule has 10 heavy (non-hydrogen) atoms. The van der Waals surface area contributed by atoms with Gasteiger partial charge in [0.15, 0.2) is 0 Å². The summed E-state index contributed by atoms with van der Waals surface area (Å²) in [5.41, 5.74) is 7.50. The number of anilines is 1. The number of allylic oxidation sites excluding steroid dienone is 1. The molecule has 1 aromatic heterocycles. The number of aromatic nitrogens is 2. The molecule has 2 N–H and O–H groups in total. The molecule has 0 amide bonds. The van der Waals surface area contributed by atoms with E-state index in [-0.39, 0.29) is 0 Å². The lowest BCUT2D eigenvalue weighted by Gasteiger charge is -1.95. The SMILES string of the molecule is Nc1ncc2c(n1)C=CC2. The maximum absolute atomic E-state index is 5.37. The predicted molar refractivity (Wildman–Crippen MR) is 39.2 cm³/mol. The van der Waals surface area contributed by atoms with Crippen molar-refractivity contribution in [2.24, 2.45) is 0 Å². The molecule has 50 valence electrons. The molecule has 0 saturated heterocycles. The average Bonchev–Trinajstić information content (AvgIpc) is 2.33. The van der Waals surface area contributed by atoms with Crippen LogP contribution in [0, 0.1) is 0 Å². The third kappa shape index (κ3) is 0.673. The third-order valence-electron chi connectivity index (χ3n) is 1.53. The van der Waals surface area contributed by atoms with Crippen molar-refractivity contribution in [3.63, 3.8) is 0 Å². The van der Waals surface area contributed by atoms with Gasteiger partial charge in [-0.3, -0.25) is 0 Å². The first-order valence-electron chi connectivity index (χ1n) is 3.14. The van der Waals surface area contributed by atoms with Crippen molar-refractivity contribution in [1.82, 2.24) is 9.97 Å². The number of nitrogens with two attached hydrogens (primary N) is 1. The van der Waals surface area contributed by atoms with Crippen molar-refractivity contribution in [1.29, 1.82) is 0 Å². The van der Waals surface area contributed by atoms with Gasteiger partial charge in [-0.05, 0) is 12.5 Å². The highest BCUT2D eigenvalue weighted by Gasteiger charge is 2.05. The van der Waals surface area contributed by atoms with Crippen molar-refractivity contribution in [2.45, 2.75) is 6.42 Å². The smallest absolute Gasteiger partial charge is 0.220 e. The Morgan fingerprint density at radius 2 is 2.40 bits per heavy atom. The summed E-state index contributed by atoms with van der Waals surface area (Å²) < 4.78 is 0. The molecule has 0 bridgehead atoms. The van der Waals surface area contributed by atoms with Gasteiger partial charge in [0.05, 0.1) is 5.69 Å². The fourth-order valence-electron chi connectivity index (χ4n) is 1.03. The highest BCUT2D eigenvalue weighted by Crippen LogP contribution is 2.15. The molecule has 0 unspecified atom stereocenters. The number of rotatable bonds is 0. The lowest BCUT2D eigenvalue weighted by atomic mass is 10.2. The molecule has 0 fully saturated rings. The van der Waals surface area contributed by atoms with Crippen LogP contribution in [0.3, 0.4) is 0 Å². The fourth-order valence-corrected chi connectivity index (χ4v) is 1.03. The second kappa shape index (κ2) is 1.80. The number of fused-ring (bicyclic) bond motifs is 1. The summed E-state index contributed by atoms with van der Waals surface area (Å²) in [5.74, 6) is 0.352. The van der Waals surface area contributed by atoms with E-state index in [0.29, 0.717) is 5.95 Å². The molecular weight excluding hydrogens is 126 g/mol. The van der Waals surface area contributed by atoms with Gasteiger partial charge in [-0.15, -0.1) is 0 Å². The first-order chi connectivity index (χ1) is 4.86. The van der Waals surface area contributed by atoms with Crippen LogP contribution in [0.2, 0.25) is 0 Å². The van der Waals surface area contributed by atoms with Crippen molar-refractivity contribution in [3.8, 4) is 0 Å². The normalized spacial score (nSPS) is 13.6. The molecule has 0 saturated carbocycles. The van der Waals surface area contributed by atoms with Crippen molar-refractivity contribution < 1.29 is 0 Å². The summed E-state index contributed by atoms with van der Waals surface area (Å²) in [5, 5.41) is 0. The first-order valence-corrected chi connectivity index (χ1v) is 3.14. The van der Waals surface area contributed by atoms with Crippen LogP contribution in [0.1, 0.15) is 11.3 Å². The van der Waals surface area contributed by atoms with E-state index in [1.165, 1.54) is 0 Å². The van der Waals surface area contributed by atoms with Crippen LogP contribution in [0.5, 0.6) is 0 Å². The minimum absolute atomic E-state index is 0.352. The van der Waals surface area contributed by atoms with Crippen LogP contribution in [0.25, 0.3) is 6.08 Å². The molecule has 0 radical (unpaired) electrons. The van der Waals surface area contributed by atoms with Crippen LogP contribution < -0.4 is 5.73 Å². The predicted octanol–water partition coefficient (Wildman–Crippen LogP) is 0.628. The highest BCUT2D eigenvalue weighted by atomic mass is 15.0. The van der Waals surface area contributed by atoms with Gasteiger partial charge in [-0.1, -0.05) is 6.08 Å². The number of nitrogens with zero attached hydrogens (tertiary/aromatic N) is 2. The maximum atomic E-state index is 5.37. The van der Waals surface area contributed by atoms with Crippen molar-refractivity contribution in [3.05, 3.63) is 23.5 Å². The van der Waals surface area contributed by atoms with Crippen LogP contribution >= 0.6 is 0 Å². The van der Waals surface area contributed by atoms with Crippen LogP contribution in [-0.2, 0) is 6.42 Å². The molecular formula is C7H7N3. The number of hydrogen-bond acceptors (Lipinski definition) is 3. The Hall–Kier alpha value is -1.38. The molecule has 0 aliphatic heterocycles. The van der Waals surface area contributed by atoms with E-state index < -0.39 is 0 Å².